The predicted molar refractivity (Wildman–Crippen MR) is 187 cm³/mol. The number of nitrogen functional groups attached to an aromatic ring is 1. The average Bonchev–Trinajstić information content (AvgIpc) is 3.72. The Morgan fingerprint density at radius 2 is 1.80 bits per heavy atom. The van der Waals surface area contributed by atoms with Crippen molar-refractivity contribution in [3.05, 3.63) is 58.8 Å². The van der Waals surface area contributed by atoms with E-state index in [2.05, 4.69) is 64.8 Å². The highest BCUT2D eigenvalue weighted by atomic mass is 32.1. The Morgan fingerprint density at radius 3 is 2.47 bits per heavy atom. The van der Waals surface area contributed by atoms with Crippen LogP contribution in [0.4, 0.5) is 16.5 Å². The van der Waals surface area contributed by atoms with E-state index in [-0.39, 0.29) is 11.5 Å². The summed E-state index contributed by atoms with van der Waals surface area (Å²) in [6.07, 6.45) is 10.2. The number of nitrogens with two attached hydrogens (primary N) is 2. The molecule has 2 unspecified atom stereocenters. The number of hydrogen-bond donors (Lipinski definition) is 2. The standard InChI is InChI=1S/C35H49N9S/c1-5-24(2)41-13-15-43(16-14-41)27-21-29(40-31(22-27)44-19-17-42(18-20-44)26-9-6-7-10-26)33(37)39-25(3)35(4)12-8-11-30-32(35)28(23-36)34(38)45-30/h5,21-22,25-26H,1-2,6-20,38H2,3-4H3,(H2,37,39). The number of aryl methyl sites for hydroxylation is 1. The van der Waals surface area contributed by atoms with Gasteiger partial charge in [0.25, 0.3) is 0 Å². The van der Waals surface area contributed by atoms with Crippen LogP contribution in [0.3, 0.4) is 0 Å². The molecule has 0 bridgehead atoms. The maximum atomic E-state index is 9.97. The summed E-state index contributed by atoms with van der Waals surface area (Å²) in [6, 6.07) is 7.34. The fraction of sp³-hybridized carbons (Fsp3) is 0.571. The molecule has 6 rings (SSSR count). The molecule has 4 N–H and O–H groups in total. The number of rotatable bonds is 8. The van der Waals surface area contributed by atoms with Gasteiger partial charge < -0.3 is 26.2 Å². The summed E-state index contributed by atoms with van der Waals surface area (Å²) in [4.78, 5) is 21.3. The van der Waals surface area contributed by atoms with Gasteiger partial charge in [-0.25, -0.2) is 4.98 Å². The van der Waals surface area contributed by atoms with Crippen LogP contribution in [0.5, 0.6) is 0 Å². The summed E-state index contributed by atoms with van der Waals surface area (Å²) < 4.78 is 0. The highest BCUT2D eigenvalue weighted by molar-refractivity contribution is 7.16. The third-order valence-electron chi connectivity index (χ3n) is 10.9. The van der Waals surface area contributed by atoms with Crippen LogP contribution >= 0.6 is 11.3 Å². The molecule has 0 amide bonds. The van der Waals surface area contributed by atoms with E-state index in [0.29, 0.717) is 16.4 Å². The van der Waals surface area contributed by atoms with Gasteiger partial charge in [-0.05, 0) is 56.7 Å². The van der Waals surface area contributed by atoms with Gasteiger partial charge in [-0.1, -0.05) is 32.9 Å². The molecule has 2 saturated heterocycles. The van der Waals surface area contributed by atoms with Gasteiger partial charge >= 0.3 is 0 Å². The number of aromatic nitrogens is 1. The summed E-state index contributed by atoms with van der Waals surface area (Å²) in [6.45, 7) is 20.0. The van der Waals surface area contributed by atoms with E-state index in [0.717, 1.165) is 106 Å². The minimum atomic E-state index is -0.321. The lowest BCUT2D eigenvalue weighted by Gasteiger charge is -2.40. The lowest BCUT2D eigenvalue weighted by molar-refractivity contribution is 0.187. The molecule has 0 spiro atoms. The number of nitrogens with zero attached hydrogens (tertiary/aromatic N) is 7. The van der Waals surface area contributed by atoms with Gasteiger partial charge in [0, 0.05) is 86.1 Å². The van der Waals surface area contributed by atoms with Crippen LogP contribution in [0.2, 0.25) is 0 Å². The van der Waals surface area contributed by atoms with Crippen LogP contribution in [0.25, 0.3) is 0 Å². The molecule has 3 fully saturated rings. The maximum Gasteiger partial charge on any atom is 0.145 e. The minimum absolute atomic E-state index is 0.144. The molecule has 2 atom stereocenters. The van der Waals surface area contributed by atoms with E-state index in [1.165, 1.54) is 30.6 Å². The molecule has 2 aromatic heterocycles. The number of nitriles is 1. The quantitative estimate of drug-likeness (QED) is 0.242. The van der Waals surface area contributed by atoms with Gasteiger partial charge in [0.1, 0.15) is 28.4 Å². The number of aliphatic imine (C=N–C) groups is 1. The Kier molecular flexibility index (Phi) is 9.12. The zero-order valence-electron chi connectivity index (χ0n) is 27.1. The number of fused-ring (bicyclic) bond motifs is 1. The predicted octanol–water partition coefficient (Wildman–Crippen LogP) is 4.87. The summed E-state index contributed by atoms with van der Waals surface area (Å²) in [5, 5.41) is 10.6. The van der Waals surface area contributed by atoms with Crippen molar-refractivity contribution in [2.45, 2.75) is 76.3 Å². The van der Waals surface area contributed by atoms with Crippen LogP contribution in [-0.2, 0) is 11.8 Å². The summed E-state index contributed by atoms with van der Waals surface area (Å²) in [5.74, 6) is 1.42. The van der Waals surface area contributed by atoms with Crippen molar-refractivity contribution in [2.24, 2.45) is 10.7 Å². The number of piperazine rings is 2. The summed E-state index contributed by atoms with van der Waals surface area (Å²) in [5.41, 5.74) is 17.4. The number of anilines is 3. The zero-order valence-corrected chi connectivity index (χ0v) is 27.9. The van der Waals surface area contributed by atoms with Crippen LogP contribution in [0.15, 0.2) is 42.1 Å². The molecule has 4 heterocycles. The third-order valence-corrected chi connectivity index (χ3v) is 11.9. The molecule has 10 heteroatoms. The Labute approximate surface area is 272 Å². The second-order valence-corrected chi connectivity index (χ2v) is 14.5. The van der Waals surface area contributed by atoms with Crippen molar-refractivity contribution in [1.82, 2.24) is 14.8 Å². The largest absolute Gasteiger partial charge is 0.389 e. The number of pyridine rings is 1. The summed E-state index contributed by atoms with van der Waals surface area (Å²) in [7, 11) is 0. The van der Waals surface area contributed by atoms with Crippen molar-refractivity contribution >= 4 is 33.7 Å². The monoisotopic (exact) mass is 627 g/mol. The highest BCUT2D eigenvalue weighted by Crippen LogP contribution is 2.48. The third kappa shape index (κ3) is 6.17. The van der Waals surface area contributed by atoms with Crippen molar-refractivity contribution in [1.29, 1.82) is 5.26 Å². The second kappa shape index (κ2) is 13.1. The molecule has 0 radical (unpaired) electrons. The first-order chi connectivity index (χ1) is 21.7. The first-order valence-electron chi connectivity index (χ1n) is 16.7. The topological polar surface area (TPSA) is 114 Å². The van der Waals surface area contributed by atoms with Crippen LogP contribution in [0.1, 0.15) is 74.1 Å². The molecule has 240 valence electrons. The molecule has 0 aromatic carbocycles. The number of thiophene rings is 1. The molecule has 2 aliphatic carbocycles. The number of allylic oxidation sites excluding steroid dienone is 1. The fourth-order valence-corrected chi connectivity index (χ4v) is 9.11. The molecule has 4 aliphatic rings. The lowest BCUT2D eigenvalue weighted by Crippen LogP contribution is -2.50. The number of amidine groups is 1. The Bertz CT molecular complexity index is 1480. The zero-order chi connectivity index (χ0) is 31.7. The van der Waals surface area contributed by atoms with Gasteiger partial charge in [-0.2, -0.15) is 5.26 Å². The first kappa shape index (κ1) is 31.4. The molecular weight excluding hydrogens is 579 g/mol. The van der Waals surface area contributed by atoms with Crippen LogP contribution in [-0.4, -0.2) is 85.1 Å². The SMILES string of the molecule is C=CC(=C)N1CCN(c2cc(C(N)=NC(C)C3(C)CCCc4sc(N)c(C#N)c43)nc(N3CCN(C4CCCC4)CC3)c2)CC1. The highest BCUT2D eigenvalue weighted by Gasteiger charge is 2.41. The van der Waals surface area contributed by atoms with Crippen molar-refractivity contribution in [3.8, 4) is 6.07 Å². The normalized spacial score (nSPS) is 23.9. The van der Waals surface area contributed by atoms with Gasteiger partial charge in [0.2, 0.25) is 0 Å². The molecular formula is C35H49N9S. The van der Waals surface area contributed by atoms with Crippen molar-refractivity contribution < 1.29 is 0 Å². The number of hydrogen-bond acceptors (Lipinski definition) is 9. The van der Waals surface area contributed by atoms with Gasteiger partial charge in [0.15, 0.2) is 0 Å². The Hall–Kier alpha value is -3.55. The maximum absolute atomic E-state index is 9.97. The van der Waals surface area contributed by atoms with Crippen molar-refractivity contribution in [2.75, 3.05) is 67.9 Å². The lowest BCUT2D eigenvalue weighted by atomic mass is 9.68. The Morgan fingerprint density at radius 1 is 1.11 bits per heavy atom. The van der Waals surface area contributed by atoms with Gasteiger partial charge in [-0.3, -0.25) is 9.89 Å². The van der Waals surface area contributed by atoms with E-state index in [4.69, 9.17) is 21.4 Å². The molecule has 2 aromatic rings. The smallest absolute Gasteiger partial charge is 0.145 e. The molecule has 45 heavy (non-hydrogen) atoms. The molecule has 2 aliphatic heterocycles. The first-order valence-corrected chi connectivity index (χ1v) is 17.5. The van der Waals surface area contributed by atoms with E-state index in [9.17, 15) is 5.26 Å². The molecule has 9 nitrogen and oxygen atoms in total. The average molecular weight is 628 g/mol. The van der Waals surface area contributed by atoms with E-state index in [1.54, 1.807) is 11.3 Å². The van der Waals surface area contributed by atoms with E-state index >= 15 is 0 Å². The minimum Gasteiger partial charge on any atom is -0.389 e. The fourth-order valence-electron chi connectivity index (χ4n) is 7.91. The van der Waals surface area contributed by atoms with Crippen molar-refractivity contribution in [3.63, 3.8) is 0 Å². The Balaban J connectivity index is 1.29. The van der Waals surface area contributed by atoms with E-state index < -0.39 is 0 Å². The summed E-state index contributed by atoms with van der Waals surface area (Å²) >= 11 is 1.56. The molecule has 1 saturated carbocycles. The van der Waals surface area contributed by atoms with E-state index in [1.807, 2.05) is 6.08 Å². The van der Waals surface area contributed by atoms with Gasteiger partial charge in [-0.15, -0.1) is 11.3 Å². The second-order valence-electron chi connectivity index (χ2n) is 13.4. The van der Waals surface area contributed by atoms with Gasteiger partial charge in [0.05, 0.1) is 11.6 Å². The van der Waals surface area contributed by atoms with Crippen LogP contribution < -0.4 is 21.3 Å². The van der Waals surface area contributed by atoms with Crippen LogP contribution in [0, 0.1) is 11.3 Å².